The third-order valence-corrected chi connectivity index (χ3v) is 9.34. The lowest BCUT2D eigenvalue weighted by Gasteiger charge is -2.32. The lowest BCUT2D eigenvalue weighted by atomic mass is 9.79. The molecule has 2 rings (SSSR count). The van der Waals surface area contributed by atoms with Gasteiger partial charge in [-0.25, -0.2) is 0 Å². The molecule has 0 fully saturated rings. The molecule has 1 N–H and O–H groups in total. The van der Waals surface area contributed by atoms with Crippen LogP contribution in [0, 0.1) is 0 Å². The molecule has 2 aromatic rings. The standard InChI is InChI=1S/C36H60O3P/c1-14-15-16-17-18-19-26-40(37,38-31-27(33(2,3)4)22-20-23-28(31)34(5,6)7)39-32-29(35(8,9)10)24-21-25-30(32)36(11,12)13/h20-25,37H,14-19,26H2,1-13H3/q+1. The Bertz CT molecular complexity index is 949. The van der Waals surface area contributed by atoms with E-state index < -0.39 is 7.94 Å². The largest absolute Gasteiger partial charge is 0.495 e. The van der Waals surface area contributed by atoms with Crippen LogP contribution in [0.5, 0.6) is 11.5 Å². The lowest BCUT2D eigenvalue weighted by molar-refractivity contribution is 0.328. The van der Waals surface area contributed by atoms with Crippen LogP contribution >= 0.6 is 7.94 Å². The third kappa shape index (κ3) is 9.49. The van der Waals surface area contributed by atoms with Crippen molar-refractivity contribution in [1.29, 1.82) is 0 Å². The maximum Gasteiger partial charge on any atom is 0.495 e. The van der Waals surface area contributed by atoms with Gasteiger partial charge in [0.2, 0.25) is 0 Å². The summed E-state index contributed by atoms with van der Waals surface area (Å²) in [4.78, 5) is 12.5. The summed E-state index contributed by atoms with van der Waals surface area (Å²) in [6.45, 7) is 28.7. The molecule has 0 bridgehead atoms. The van der Waals surface area contributed by atoms with Crippen LogP contribution in [-0.2, 0) is 21.7 Å². The monoisotopic (exact) mass is 571 g/mol. The molecule has 0 amide bonds. The molecule has 40 heavy (non-hydrogen) atoms. The van der Waals surface area contributed by atoms with Crippen LogP contribution < -0.4 is 9.05 Å². The molecule has 0 heterocycles. The topological polar surface area (TPSA) is 38.7 Å². The van der Waals surface area contributed by atoms with Gasteiger partial charge in [-0.3, -0.25) is 9.05 Å². The highest BCUT2D eigenvalue weighted by molar-refractivity contribution is 7.61. The van der Waals surface area contributed by atoms with Gasteiger partial charge in [-0.05, 0) is 34.5 Å². The summed E-state index contributed by atoms with van der Waals surface area (Å²) in [7, 11) is -3.35. The molecular formula is C36H60O3P+. The molecule has 0 saturated heterocycles. The van der Waals surface area contributed by atoms with Crippen LogP contribution in [0.2, 0.25) is 0 Å². The van der Waals surface area contributed by atoms with Gasteiger partial charge in [0.25, 0.3) is 0 Å². The summed E-state index contributed by atoms with van der Waals surface area (Å²) >= 11 is 0. The fraction of sp³-hybridized carbons (Fsp3) is 0.667. The second-order valence-corrected chi connectivity index (χ2v) is 17.8. The van der Waals surface area contributed by atoms with Gasteiger partial charge >= 0.3 is 7.94 Å². The van der Waals surface area contributed by atoms with E-state index in [1.54, 1.807) is 0 Å². The average molecular weight is 572 g/mol. The summed E-state index contributed by atoms with van der Waals surface area (Å²) in [6.07, 6.45) is 7.33. The zero-order valence-corrected chi connectivity index (χ0v) is 29.0. The fourth-order valence-corrected chi connectivity index (χ4v) is 6.93. The predicted molar refractivity (Wildman–Crippen MR) is 176 cm³/mol. The summed E-state index contributed by atoms with van der Waals surface area (Å²) in [5.74, 6) is 1.57. The first-order valence-corrected chi connectivity index (χ1v) is 17.2. The molecule has 226 valence electrons. The van der Waals surface area contributed by atoms with Crippen LogP contribution in [0.1, 0.15) is 151 Å². The van der Waals surface area contributed by atoms with E-state index in [2.05, 4.69) is 126 Å². The van der Waals surface area contributed by atoms with E-state index in [1.807, 2.05) is 0 Å². The predicted octanol–water partition coefficient (Wildman–Crippen LogP) is 11.4. The Morgan fingerprint density at radius 1 is 0.525 bits per heavy atom. The first-order chi connectivity index (χ1) is 18.2. The van der Waals surface area contributed by atoms with Crippen LogP contribution in [0.15, 0.2) is 36.4 Å². The van der Waals surface area contributed by atoms with E-state index in [0.717, 1.165) is 46.6 Å². The lowest BCUT2D eigenvalue weighted by Crippen LogP contribution is -2.24. The van der Waals surface area contributed by atoms with Crippen molar-refractivity contribution in [3.63, 3.8) is 0 Å². The Morgan fingerprint density at radius 3 is 1.12 bits per heavy atom. The van der Waals surface area contributed by atoms with Crippen LogP contribution in [0.3, 0.4) is 0 Å². The number of benzene rings is 2. The van der Waals surface area contributed by atoms with Gasteiger partial charge in [0.05, 0.1) is 0 Å². The van der Waals surface area contributed by atoms with E-state index >= 15 is 0 Å². The van der Waals surface area contributed by atoms with Gasteiger partial charge in [-0.1, -0.05) is 152 Å². The molecule has 0 atom stereocenters. The molecule has 0 aliphatic rings. The van der Waals surface area contributed by atoms with Crippen molar-refractivity contribution < 1.29 is 13.9 Å². The third-order valence-electron chi connectivity index (χ3n) is 7.52. The van der Waals surface area contributed by atoms with Gasteiger partial charge in [0.15, 0.2) is 17.7 Å². The molecular weight excluding hydrogens is 511 g/mol. The van der Waals surface area contributed by atoms with E-state index in [-0.39, 0.29) is 21.7 Å². The molecule has 0 saturated carbocycles. The number of hydrogen-bond donors (Lipinski definition) is 1. The number of unbranched alkanes of at least 4 members (excludes halogenated alkanes) is 5. The van der Waals surface area contributed by atoms with Crippen molar-refractivity contribution in [2.24, 2.45) is 0 Å². The Kier molecular flexibility index (Phi) is 11.4. The van der Waals surface area contributed by atoms with Gasteiger partial charge in [-0.2, -0.15) is 4.89 Å². The molecule has 0 aliphatic heterocycles. The Hall–Kier alpha value is -1.57. The number of para-hydroxylation sites is 2. The van der Waals surface area contributed by atoms with Gasteiger partial charge in [-0.15, -0.1) is 0 Å². The van der Waals surface area contributed by atoms with Gasteiger partial charge in [0.1, 0.15) is 0 Å². The van der Waals surface area contributed by atoms with E-state index in [4.69, 9.17) is 9.05 Å². The van der Waals surface area contributed by atoms with Gasteiger partial charge < -0.3 is 0 Å². The summed E-state index contributed by atoms with van der Waals surface area (Å²) < 4.78 is 13.9. The minimum Gasteiger partial charge on any atom is -0.277 e. The second-order valence-electron chi connectivity index (χ2n) is 15.7. The molecule has 0 unspecified atom stereocenters. The first-order valence-electron chi connectivity index (χ1n) is 15.5. The maximum atomic E-state index is 12.5. The first kappa shape index (κ1) is 34.6. The fourth-order valence-electron chi connectivity index (χ4n) is 5.12. The summed E-state index contributed by atoms with van der Waals surface area (Å²) in [5.41, 5.74) is 3.80. The quantitative estimate of drug-likeness (QED) is 0.215. The van der Waals surface area contributed by atoms with Crippen molar-refractivity contribution in [3.05, 3.63) is 58.7 Å². The van der Waals surface area contributed by atoms with Crippen LogP contribution in [0.4, 0.5) is 0 Å². The highest BCUT2D eigenvalue weighted by Crippen LogP contribution is 2.61. The molecule has 2 aromatic carbocycles. The maximum absolute atomic E-state index is 12.5. The van der Waals surface area contributed by atoms with Gasteiger partial charge in [0, 0.05) is 22.3 Å². The minimum absolute atomic E-state index is 0.151. The normalized spacial score (nSPS) is 13.4. The zero-order valence-electron chi connectivity index (χ0n) is 28.1. The number of hydrogen-bond acceptors (Lipinski definition) is 3. The Morgan fingerprint density at radius 2 is 0.825 bits per heavy atom. The molecule has 0 radical (unpaired) electrons. The van der Waals surface area contributed by atoms with E-state index in [0.29, 0.717) is 6.16 Å². The molecule has 0 aromatic heterocycles. The van der Waals surface area contributed by atoms with Crippen LogP contribution in [-0.4, -0.2) is 11.1 Å². The van der Waals surface area contributed by atoms with Crippen molar-refractivity contribution in [2.45, 2.75) is 150 Å². The molecule has 4 heteroatoms. The summed E-state index contributed by atoms with van der Waals surface area (Å²) in [6, 6.07) is 12.8. The van der Waals surface area contributed by atoms with Crippen LogP contribution in [0.25, 0.3) is 0 Å². The second kappa shape index (κ2) is 13.2. The Balaban J connectivity index is 2.70. The van der Waals surface area contributed by atoms with Crippen molar-refractivity contribution in [3.8, 4) is 11.5 Å². The zero-order chi connectivity index (χ0) is 30.6. The average Bonchev–Trinajstić information content (AvgIpc) is 2.78. The Labute approximate surface area is 248 Å². The van der Waals surface area contributed by atoms with Crippen molar-refractivity contribution in [1.82, 2.24) is 0 Å². The van der Waals surface area contributed by atoms with E-state index in [9.17, 15) is 4.89 Å². The highest BCUT2D eigenvalue weighted by Gasteiger charge is 2.48. The molecule has 0 spiro atoms. The number of rotatable bonds is 11. The van der Waals surface area contributed by atoms with Crippen molar-refractivity contribution in [2.75, 3.05) is 6.16 Å². The highest BCUT2D eigenvalue weighted by atomic mass is 31.2. The molecule has 0 aliphatic carbocycles. The van der Waals surface area contributed by atoms with Crippen molar-refractivity contribution >= 4 is 7.94 Å². The minimum atomic E-state index is -3.35. The van der Waals surface area contributed by atoms with E-state index in [1.165, 1.54) is 25.7 Å². The summed E-state index contributed by atoms with van der Waals surface area (Å²) in [5, 5.41) is 0. The smallest absolute Gasteiger partial charge is 0.277 e. The molecule has 3 nitrogen and oxygen atoms in total. The SMILES string of the molecule is CCCCCCCC[P+](O)(Oc1c(C(C)(C)C)cccc1C(C)(C)C)Oc1c(C(C)(C)C)cccc1C(C)(C)C.